The fourth-order valence-corrected chi connectivity index (χ4v) is 0.952. The Kier molecular flexibility index (Phi) is 3.67. The van der Waals surface area contributed by atoms with Crippen LogP contribution in [0.15, 0.2) is 29.4 Å². The van der Waals surface area contributed by atoms with Gasteiger partial charge in [0, 0.05) is 25.2 Å². The largest absolute Gasteiger partial charge is 0.326 e. The van der Waals surface area contributed by atoms with Crippen molar-refractivity contribution < 1.29 is 4.79 Å². The van der Waals surface area contributed by atoms with E-state index < -0.39 is 0 Å². The number of amides is 1. The van der Waals surface area contributed by atoms with Gasteiger partial charge in [-0.15, -0.1) is 0 Å². The zero-order valence-electron chi connectivity index (χ0n) is 8.16. The maximum absolute atomic E-state index is 10.7. The Morgan fingerprint density at radius 1 is 1.36 bits per heavy atom. The molecule has 0 saturated carbocycles. The SMILES string of the molecule is CN/N=[C]/c1ccc(NC(C)=O)cc1. The topological polar surface area (TPSA) is 53.5 Å². The molecule has 4 nitrogen and oxygen atoms in total. The van der Waals surface area contributed by atoms with E-state index in [0.29, 0.717) is 0 Å². The molecule has 4 heteroatoms. The third-order valence-electron chi connectivity index (χ3n) is 1.50. The molecular weight excluding hydrogens is 178 g/mol. The minimum atomic E-state index is -0.0781. The molecule has 0 aliphatic rings. The minimum Gasteiger partial charge on any atom is -0.326 e. The van der Waals surface area contributed by atoms with Crippen LogP contribution in [0.5, 0.6) is 0 Å². The average molecular weight is 190 g/mol. The summed E-state index contributed by atoms with van der Waals surface area (Å²) in [6.07, 6.45) is 2.78. The first-order valence-electron chi connectivity index (χ1n) is 4.22. The number of carbonyl (C=O) groups is 1. The smallest absolute Gasteiger partial charge is 0.221 e. The van der Waals surface area contributed by atoms with Crippen LogP contribution in [0.25, 0.3) is 0 Å². The maximum atomic E-state index is 10.7. The van der Waals surface area contributed by atoms with Crippen LogP contribution in [0.1, 0.15) is 12.5 Å². The molecule has 0 fully saturated rings. The van der Waals surface area contributed by atoms with Crippen LogP contribution in [-0.2, 0) is 4.79 Å². The lowest BCUT2D eigenvalue weighted by Crippen LogP contribution is -2.05. The number of nitrogens with zero attached hydrogens (tertiary/aromatic N) is 1. The lowest BCUT2D eigenvalue weighted by molar-refractivity contribution is -0.114. The summed E-state index contributed by atoms with van der Waals surface area (Å²) in [5.41, 5.74) is 4.23. The Hall–Kier alpha value is -1.84. The van der Waals surface area contributed by atoms with Gasteiger partial charge in [-0.3, -0.25) is 4.79 Å². The average Bonchev–Trinajstić information content (AvgIpc) is 2.16. The van der Waals surface area contributed by atoms with Crippen molar-refractivity contribution in [1.82, 2.24) is 5.43 Å². The molecule has 14 heavy (non-hydrogen) atoms. The van der Waals surface area contributed by atoms with Crippen LogP contribution in [0, 0.1) is 0 Å². The molecule has 0 aliphatic heterocycles. The Balaban J connectivity index is 2.68. The van der Waals surface area contributed by atoms with Gasteiger partial charge < -0.3 is 10.7 Å². The second-order valence-corrected chi connectivity index (χ2v) is 2.71. The summed E-state index contributed by atoms with van der Waals surface area (Å²) in [6, 6.07) is 7.25. The molecule has 0 aliphatic carbocycles. The van der Waals surface area contributed by atoms with Gasteiger partial charge in [0.25, 0.3) is 0 Å². The molecule has 2 N–H and O–H groups in total. The van der Waals surface area contributed by atoms with Crippen molar-refractivity contribution in [2.45, 2.75) is 6.92 Å². The van der Waals surface area contributed by atoms with E-state index >= 15 is 0 Å². The number of hydrazone groups is 1. The van der Waals surface area contributed by atoms with Gasteiger partial charge in [-0.05, 0) is 12.1 Å². The van der Waals surface area contributed by atoms with Crippen molar-refractivity contribution in [3.63, 3.8) is 0 Å². The monoisotopic (exact) mass is 190 g/mol. The lowest BCUT2D eigenvalue weighted by Gasteiger charge is -2.00. The van der Waals surface area contributed by atoms with Crippen LogP contribution in [0.4, 0.5) is 5.69 Å². The molecule has 1 aromatic rings. The van der Waals surface area contributed by atoms with Crippen LogP contribution in [0.2, 0.25) is 0 Å². The number of hydrogen-bond acceptors (Lipinski definition) is 3. The zero-order chi connectivity index (χ0) is 10.4. The summed E-state index contributed by atoms with van der Waals surface area (Å²) in [6.45, 7) is 1.47. The molecule has 0 saturated heterocycles. The molecule has 1 rings (SSSR count). The van der Waals surface area contributed by atoms with Gasteiger partial charge in [-0.2, -0.15) is 5.10 Å². The van der Waals surface area contributed by atoms with E-state index in [4.69, 9.17) is 0 Å². The predicted octanol–water partition coefficient (Wildman–Crippen LogP) is 1.08. The second kappa shape index (κ2) is 5.01. The highest BCUT2D eigenvalue weighted by molar-refractivity contribution is 5.89. The number of anilines is 1. The van der Waals surface area contributed by atoms with Crippen molar-refractivity contribution in [2.24, 2.45) is 5.10 Å². The summed E-state index contributed by atoms with van der Waals surface area (Å²) >= 11 is 0. The molecule has 0 spiro atoms. The highest BCUT2D eigenvalue weighted by atomic mass is 16.1. The van der Waals surface area contributed by atoms with Crippen LogP contribution in [-0.4, -0.2) is 19.2 Å². The first kappa shape index (κ1) is 10.2. The number of carbonyl (C=O) groups excluding carboxylic acids is 1. The molecule has 1 amide bonds. The molecule has 73 valence electrons. The first-order chi connectivity index (χ1) is 6.72. The Labute approximate surface area is 83.0 Å². The van der Waals surface area contributed by atoms with Gasteiger partial charge in [-0.25, -0.2) is 0 Å². The van der Waals surface area contributed by atoms with Gasteiger partial charge in [0.2, 0.25) is 5.91 Å². The number of nitrogens with one attached hydrogen (secondary N) is 2. The summed E-state index contributed by atoms with van der Waals surface area (Å²) < 4.78 is 0. The first-order valence-corrected chi connectivity index (χ1v) is 4.22. The Morgan fingerprint density at radius 2 is 2.00 bits per heavy atom. The fraction of sp³-hybridized carbons (Fsp3) is 0.200. The standard InChI is InChI=1S/C10H12N3O/c1-8(14)13-10-5-3-9(4-6-10)7-12-11-2/h3-6,11H,1-2H3,(H,13,14). The number of benzene rings is 1. The van der Waals surface area contributed by atoms with Crippen molar-refractivity contribution in [1.29, 1.82) is 0 Å². The second-order valence-electron chi connectivity index (χ2n) is 2.71. The third-order valence-corrected chi connectivity index (χ3v) is 1.50. The van der Waals surface area contributed by atoms with Gasteiger partial charge in [0.15, 0.2) is 0 Å². The Bertz CT molecular complexity index is 330. The van der Waals surface area contributed by atoms with E-state index in [0.717, 1.165) is 11.3 Å². The van der Waals surface area contributed by atoms with Crippen molar-refractivity contribution in [2.75, 3.05) is 12.4 Å². The van der Waals surface area contributed by atoms with E-state index in [2.05, 4.69) is 22.1 Å². The minimum absolute atomic E-state index is 0.0781. The molecular formula is C10H12N3O. The molecule has 0 atom stereocenters. The lowest BCUT2D eigenvalue weighted by atomic mass is 10.2. The van der Waals surface area contributed by atoms with Gasteiger partial charge in [0.1, 0.15) is 6.21 Å². The van der Waals surface area contributed by atoms with Gasteiger partial charge in [-0.1, -0.05) is 12.1 Å². The van der Waals surface area contributed by atoms with Crippen LogP contribution in [0.3, 0.4) is 0 Å². The quantitative estimate of drug-likeness (QED) is 0.553. The van der Waals surface area contributed by atoms with E-state index in [-0.39, 0.29) is 5.91 Å². The van der Waals surface area contributed by atoms with Gasteiger partial charge in [0.05, 0.1) is 0 Å². The summed E-state index contributed by atoms with van der Waals surface area (Å²) in [5.74, 6) is -0.0781. The summed E-state index contributed by atoms with van der Waals surface area (Å²) in [5, 5.41) is 6.42. The van der Waals surface area contributed by atoms with Crippen molar-refractivity contribution >= 4 is 17.8 Å². The highest BCUT2D eigenvalue weighted by Crippen LogP contribution is 2.07. The molecule has 1 aromatic carbocycles. The van der Waals surface area contributed by atoms with Gasteiger partial charge >= 0.3 is 0 Å². The van der Waals surface area contributed by atoms with E-state index in [9.17, 15) is 4.79 Å². The van der Waals surface area contributed by atoms with Crippen molar-refractivity contribution in [3.8, 4) is 0 Å². The van der Waals surface area contributed by atoms with E-state index in [1.807, 2.05) is 12.1 Å². The van der Waals surface area contributed by atoms with Crippen LogP contribution < -0.4 is 10.7 Å². The highest BCUT2D eigenvalue weighted by Gasteiger charge is 1.94. The number of rotatable bonds is 3. The summed E-state index contributed by atoms with van der Waals surface area (Å²) in [7, 11) is 1.71. The predicted molar refractivity (Wildman–Crippen MR) is 56.3 cm³/mol. The van der Waals surface area contributed by atoms with Crippen LogP contribution >= 0.6 is 0 Å². The molecule has 0 aromatic heterocycles. The Morgan fingerprint density at radius 3 is 2.50 bits per heavy atom. The molecule has 0 bridgehead atoms. The zero-order valence-corrected chi connectivity index (χ0v) is 8.16. The van der Waals surface area contributed by atoms with E-state index in [1.165, 1.54) is 6.92 Å². The number of hydrogen-bond donors (Lipinski definition) is 2. The van der Waals surface area contributed by atoms with Crippen molar-refractivity contribution in [3.05, 3.63) is 29.8 Å². The fourth-order valence-electron chi connectivity index (χ4n) is 0.952. The third kappa shape index (κ3) is 3.26. The summed E-state index contributed by atoms with van der Waals surface area (Å²) in [4.78, 5) is 10.7. The molecule has 1 radical (unpaired) electrons. The molecule has 0 unspecified atom stereocenters. The molecule has 0 heterocycles. The maximum Gasteiger partial charge on any atom is 0.221 e. The normalized spacial score (nSPS) is 10.1. The van der Waals surface area contributed by atoms with E-state index in [1.54, 1.807) is 19.2 Å².